The molecule has 0 bridgehead atoms. The lowest BCUT2D eigenvalue weighted by atomic mass is 10.1. The van der Waals surface area contributed by atoms with Crippen molar-refractivity contribution in [2.24, 2.45) is 0 Å². The van der Waals surface area contributed by atoms with Crippen LogP contribution in [0.3, 0.4) is 0 Å². The zero-order valence-corrected chi connectivity index (χ0v) is 11.5. The Bertz CT molecular complexity index is 276. The molecule has 0 aromatic heterocycles. The van der Waals surface area contributed by atoms with Crippen molar-refractivity contribution in [3.05, 3.63) is 0 Å². The van der Waals surface area contributed by atoms with Crippen LogP contribution >= 0.6 is 0 Å². The fourth-order valence-corrected chi connectivity index (χ4v) is 1.60. The zero-order chi connectivity index (χ0) is 12.7. The smallest absolute Gasteiger partial charge is 0.208 e. The summed E-state index contributed by atoms with van der Waals surface area (Å²) in [6.07, 6.45) is 2.89. The van der Waals surface area contributed by atoms with Crippen LogP contribution in [0.5, 0.6) is 0 Å². The first kappa shape index (κ1) is 15.8. The summed E-state index contributed by atoms with van der Waals surface area (Å²) in [5, 5.41) is 3.25. The van der Waals surface area contributed by atoms with Crippen LogP contribution in [0.1, 0.15) is 26.7 Å². The van der Waals surface area contributed by atoms with Gasteiger partial charge in [-0.15, -0.1) is 0 Å². The molecule has 0 saturated heterocycles. The van der Waals surface area contributed by atoms with Crippen LogP contribution in [0.2, 0.25) is 0 Å². The van der Waals surface area contributed by atoms with Crippen molar-refractivity contribution in [1.82, 2.24) is 10.0 Å². The molecule has 6 heteroatoms. The Labute approximate surface area is 99.0 Å². The summed E-state index contributed by atoms with van der Waals surface area (Å²) in [6.45, 7) is 6.25. The second kappa shape index (κ2) is 7.21. The number of methoxy groups -OCH3 is 1. The largest absolute Gasteiger partial charge is 0.379 e. The van der Waals surface area contributed by atoms with E-state index in [0.717, 1.165) is 25.9 Å². The van der Waals surface area contributed by atoms with Crippen molar-refractivity contribution in [2.45, 2.75) is 32.3 Å². The third kappa shape index (κ3) is 10.4. The van der Waals surface area contributed by atoms with E-state index < -0.39 is 10.0 Å². The van der Waals surface area contributed by atoms with Gasteiger partial charge in [-0.2, -0.15) is 0 Å². The standard InChI is InChI=1S/C10H24N2O3S/c1-10(2,15-3)6-9-11-7-5-8-12-16(4,13)14/h11-12H,5-9H2,1-4H3. The van der Waals surface area contributed by atoms with Gasteiger partial charge in [0.25, 0.3) is 0 Å². The number of rotatable bonds is 9. The molecule has 0 aliphatic carbocycles. The Morgan fingerprint density at radius 1 is 1.19 bits per heavy atom. The Morgan fingerprint density at radius 3 is 2.31 bits per heavy atom. The van der Waals surface area contributed by atoms with E-state index in [1.54, 1.807) is 7.11 Å². The number of hydrogen-bond donors (Lipinski definition) is 2. The van der Waals surface area contributed by atoms with E-state index in [1.807, 2.05) is 13.8 Å². The van der Waals surface area contributed by atoms with E-state index in [2.05, 4.69) is 10.0 Å². The van der Waals surface area contributed by atoms with Crippen LogP contribution in [0, 0.1) is 0 Å². The Morgan fingerprint density at radius 2 is 1.81 bits per heavy atom. The lowest BCUT2D eigenvalue weighted by molar-refractivity contribution is 0.0159. The van der Waals surface area contributed by atoms with Crippen LogP contribution in [0.15, 0.2) is 0 Å². The fourth-order valence-electron chi connectivity index (χ4n) is 1.09. The highest BCUT2D eigenvalue weighted by Gasteiger charge is 2.14. The first-order valence-electron chi connectivity index (χ1n) is 5.47. The van der Waals surface area contributed by atoms with Gasteiger partial charge in [0.2, 0.25) is 10.0 Å². The molecule has 0 aromatic carbocycles. The lowest BCUT2D eigenvalue weighted by Crippen LogP contribution is -2.31. The first-order chi connectivity index (χ1) is 7.27. The Kier molecular flexibility index (Phi) is 7.14. The van der Waals surface area contributed by atoms with Crippen LogP contribution in [0.4, 0.5) is 0 Å². The fraction of sp³-hybridized carbons (Fsp3) is 1.00. The minimum absolute atomic E-state index is 0.0992. The average molecular weight is 252 g/mol. The van der Waals surface area contributed by atoms with Gasteiger partial charge < -0.3 is 10.1 Å². The van der Waals surface area contributed by atoms with Gasteiger partial charge in [0.15, 0.2) is 0 Å². The topological polar surface area (TPSA) is 67.4 Å². The molecule has 0 aliphatic rings. The van der Waals surface area contributed by atoms with Gasteiger partial charge in [0.05, 0.1) is 11.9 Å². The highest BCUT2D eigenvalue weighted by atomic mass is 32.2. The summed E-state index contributed by atoms with van der Waals surface area (Å²) in [5.41, 5.74) is -0.0992. The van der Waals surface area contributed by atoms with E-state index in [1.165, 1.54) is 6.26 Å². The molecule has 0 radical (unpaired) electrons. The molecule has 5 nitrogen and oxygen atoms in total. The molecular weight excluding hydrogens is 228 g/mol. The molecule has 0 aliphatic heterocycles. The second-order valence-electron chi connectivity index (χ2n) is 4.48. The van der Waals surface area contributed by atoms with Crippen molar-refractivity contribution >= 4 is 10.0 Å². The van der Waals surface area contributed by atoms with Gasteiger partial charge in [-0.1, -0.05) is 0 Å². The van der Waals surface area contributed by atoms with E-state index in [-0.39, 0.29) is 5.60 Å². The normalized spacial score (nSPS) is 13.0. The van der Waals surface area contributed by atoms with E-state index in [4.69, 9.17) is 4.74 Å². The maximum atomic E-state index is 10.7. The van der Waals surface area contributed by atoms with Crippen molar-refractivity contribution in [3.63, 3.8) is 0 Å². The average Bonchev–Trinajstić information content (AvgIpc) is 2.14. The second-order valence-corrected chi connectivity index (χ2v) is 6.32. The predicted molar refractivity (Wildman–Crippen MR) is 66.0 cm³/mol. The minimum atomic E-state index is -3.04. The van der Waals surface area contributed by atoms with E-state index >= 15 is 0 Å². The zero-order valence-electron chi connectivity index (χ0n) is 10.7. The van der Waals surface area contributed by atoms with Gasteiger partial charge in [-0.3, -0.25) is 0 Å². The molecule has 0 unspecified atom stereocenters. The van der Waals surface area contributed by atoms with Crippen LogP contribution in [-0.2, 0) is 14.8 Å². The molecular formula is C10H24N2O3S. The van der Waals surface area contributed by atoms with Crippen molar-refractivity contribution in [2.75, 3.05) is 33.0 Å². The van der Waals surface area contributed by atoms with Crippen molar-refractivity contribution in [3.8, 4) is 0 Å². The monoisotopic (exact) mass is 252 g/mol. The molecule has 0 amide bonds. The maximum Gasteiger partial charge on any atom is 0.208 e. The molecule has 0 rings (SSSR count). The van der Waals surface area contributed by atoms with Gasteiger partial charge in [0.1, 0.15) is 0 Å². The third-order valence-electron chi connectivity index (χ3n) is 2.35. The predicted octanol–water partition coefficient (Wildman–Crippen LogP) is 0.330. The highest BCUT2D eigenvalue weighted by molar-refractivity contribution is 7.88. The van der Waals surface area contributed by atoms with Crippen molar-refractivity contribution in [1.29, 1.82) is 0 Å². The molecule has 0 heterocycles. The SMILES string of the molecule is COC(C)(C)CCNCCCNS(C)(=O)=O. The number of ether oxygens (including phenoxy) is 1. The first-order valence-corrected chi connectivity index (χ1v) is 7.36. The summed E-state index contributed by atoms with van der Waals surface area (Å²) in [4.78, 5) is 0. The maximum absolute atomic E-state index is 10.7. The van der Waals surface area contributed by atoms with Crippen molar-refractivity contribution < 1.29 is 13.2 Å². The Balaban J connectivity index is 3.35. The molecule has 0 fully saturated rings. The van der Waals surface area contributed by atoms with Gasteiger partial charge in [-0.05, 0) is 39.8 Å². The molecule has 0 atom stereocenters. The molecule has 0 saturated carbocycles. The molecule has 2 N–H and O–H groups in total. The molecule has 98 valence electrons. The van der Waals surface area contributed by atoms with Gasteiger partial charge in [0, 0.05) is 13.7 Å². The summed E-state index contributed by atoms with van der Waals surface area (Å²) in [6, 6.07) is 0. The molecule has 0 spiro atoms. The van der Waals surface area contributed by atoms with E-state index in [9.17, 15) is 8.42 Å². The molecule has 16 heavy (non-hydrogen) atoms. The summed E-state index contributed by atoms with van der Waals surface area (Å²) < 4.78 is 29.2. The number of nitrogens with one attached hydrogen (secondary N) is 2. The number of hydrogen-bond acceptors (Lipinski definition) is 4. The molecule has 0 aromatic rings. The van der Waals surface area contributed by atoms with Crippen LogP contribution in [-0.4, -0.2) is 47.0 Å². The van der Waals surface area contributed by atoms with Gasteiger partial charge in [-0.25, -0.2) is 13.1 Å². The van der Waals surface area contributed by atoms with Crippen LogP contribution in [0.25, 0.3) is 0 Å². The third-order valence-corrected chi connectivity index (χ3v) is 3.08. The minimum Gasteiger partial charge on any atom is -0.379 e. The quantitative estimate of drug-likeness (QED) is 0.580. The Hall–Kier alpha value is -0.170. The van der Waals surface area contributed by atoms with Crippen LogP contribution < -0.4 is 10.0 Å². The van der Waals surface area contributed by atoms with Gasteiger partial charge >= 0.3 is 0 Å². The highest BCUT2D eigenvalue weighted by Crippen LogP contribution is 2.10. The summed E-state index contributed by atoms with van der Waals surface area (Å²) in [5.74, 6) is 0. The van der Waals surface area contributed by atoms with E-state index in [0.29, 0.717) is 6.54 Å². The summed E-state index contributed by atoms with van der Waals surface area (Å²) in [7, 11) is -1.34. The summed E-state index contributed by atoms with van der Waals surface area (Å²) >= 11 is 0. The lowest BCUT2D eigenvalue weighted by Gasteiger charge is -2.22. The number of sulfonamides is 1.